The molecule has 3 nitrogen and oxygen atoms in total. The third-order valence-electron chi connectivity index (χ3n) is 2.96. The third-order valence-corrected chi connectivity index (χ3v) is 2.96. The van der Waals surface area contributed by atoms with E-state index in [2.05, 4.69) is 4.98 Å². The minimum absolute atomic E-state index is 0.249. The normalized spacial score (nSPS) is 17.4. The fraction of sp³-hybridized carbons (Fsp3) is 0.545. The summed E-state index contributed by atoms with van der Waals surface area (Å²) in [7, 11) is 0. The minimum Gasteiger partial charge on any atom is -0.388 e. The van der Waals surface area contributed by atoms with Gasteiger partial charge in [0.25, 0.3) is 0 Å². The van der Waals surface area contributed by atoms with Crippen molar-refractivity contribution in [1.29, 1.82) is 0 Å². The summed E-state index contributed by atoms with van der Waals surface area (Å²) in [5.41, 5.74) is 6.32. The van der Waals surface area contributed by atoms with E-state index in [0.29, 0.717) is 6.54 Å². The van der Waals surface area contributed by atoms with Gasteiger partial charge in [0.15, 0.2) is 0 Å². The van der Waals surface area contributed by atoms with Crippen molar-refractivity contribution in [2.24, 2.45) is 11.1 Å². The number of nitrogens with zero attached hydrogens (tertiary/aromatic N) is 1. The summed E-state index contributed by atoms with van der Waals surface area (Å²) in [6.45, 7) is 4.52. The Kier molecular flexibility index (Phi) is 3.61. The fourth-order valence-electron chi connectivity index (χ4n) is 1.40. The Hall–Kier alpha value is -0.930. The highest BCUT2D eigenvalue weighted by molar-refractivity contribution is 5.15. The molecule has 1 rings (SSSR count). The van der Waals surface area contributed by atoms with E-state index in [1.807, 2.05) is 26.0 Å². The third kappa shape index (κ3) is 2.11. The number of aromatic nitrogens is 1. The van der Waals surface area contributed by atoms with E-state index in [-0.39, 0.29) is 5.41 Å². The van der Waals surface area contributed by atoms with Crippen molar-refractivity contribution in [2.75, 3.05) is 6.54 Å². The van der Waals surface area contributed by atoms with Crippen molar-refractivity contribution in [2.45, 2.75) is 26.4 Å². The van der Waals surface area contributed by atoms with Gasteiger partial charge in [0.2, 0.25) is 0 Å². The van der Waals surface area contributed by atoms with Crippen molar-refractivity contribution >= 4 is 0 Å². The second-order valence-electron chi connectivity index (χ2n) is 3.89. The number of hydrogen-bond acceptors (Lipinski definition) is 3. The molecular formula is C11H18N2O. The van der Waals surface area contributed by atoms with Crippen LogP contribution in [0.15, 0.2) is 24.5 Å². The van der Waals surface area contributed by atoms with Crippen LogP contribution in [0.1, 0.15) is 31.9 Å². The first-order valence-corrected chi connectivity index (χ1v) is 4.92. The predicted octanol–water partition coefficient (Wildman–Crippen LogP) is 1.49. The summed E-state index contributed by atoms with van der Waals surface area (Å²) >= 11 is 0. The number of pyridine rings is 1. The smallest absolute Gasteiger partial charge is 0.0856 e. The predicted molar refractivity (Wildman–Crippen MR) is 56.6 cm³/mol. The fourth-order valence-corrected chi connectivity index (χ4v) is 1.40. The van der Waals surface area contributed by atoms with Gasteiger partial charge in [0.05, 0.1) is 6.10 Å². The highest BCUT2D eigenvalue weighted by Crippen LogP contribution is 2.35. The molecule has 1 aromatic heterocycles. The molecule has 0 radical (unpaired) electrons. The Balaban J connectivity index is 2.89. The van der Waals surface area contributed by atoms with Crippen LogP contribution < -0.4 is 5.73 Å². The summed E-state index contributed by atoms with van der Waals surface area (Å²) in [4.78, 5) is 3.92. The minimum atomic E-state index is -0.513. The Morgan fingerprint density at radius 1 is 1.50 bits per heavy atom. The van der Waals surface area contributed by atoms with Crippen LogP contribution in [0.4, 0.5) is 0 Å². The van der Waals surface area contributed by atoms with Gasteiger partial charge in [-0.25, -0.2) is 0 Å². The maximum absolute atomic E-state index is 10.1. The highest BCUT2D eigenvalue weighted by atomic mass is 16.3. The second-order valence-corrected chi connectivity index (χ2v) is 3.89. The quantitative estimate of drug-likeness (QED) is 0.763. The van der Waals surface area contributed by atoms with Gasteiger partial charge >= 0.3 is 0 Å². The lowest BCUT2D eigenvalue weighted by molar-refractivity contribution is 0.0391. The average Bonchev–Trinajstić information content (AvgIpc) is 2.28. The monoisotopic (exact) mass is 194 g/mol. The SMILES string of the molecule is CCC(C)(CN)C(O)c1ccncc1. The highest BCUT2D eigenvalue weighted by Gasteiger charge is 2.30. The van der Waals surface area contributed by atoms with Crippen LogP contribution in [-0.2, 0) is 0 Å². The molecule has 1 aromatic rings. The van der Waals surface area contributed by atoms with Gasteiger partial charge in [0.1, 0.15) is 0 Å². The van der Waals surface area contributed by atoms with E-state index in [0.717, 1.165) is 12.0 Å². The maximum atomic E-state index is 10.1. The second kappa shape index (κ2) is 4.53. The van der Waals surface area contributed by atoms with E-state index >= 15 is 0 Å². The van der Waals surface area contributed by atoms with Crippen LogP contribution in [0.2, 0.25) is 0 Å². The largest absolute Gasteiger partial charge is 0.388 e. The van der Waals surface area contributed by atoms with Gasteiger partial charge in [0, 0.05) is 24.4 Å². The van der Waals surface area contributed by atoms with Crippen molar-refractivity contribution in [3.05, 3.63) is 30.1 Å². The number of rotatable bonds is 4. The molecule has 78 valence electrons. The van der Waals surface area contributed by atoms with E-state index < -0.39 is 6.10 Å². The molecule has 2 unspecified atom stereocenters. The molecular weight excluding hydrogens is 176 g/mol. The van der Waals surface area contributed by atoms with Gasteiger partial charge in [-0.05, 0) is 24.1 Å². The molecule has 3 heteroatoms. The summed E-state index contributed by atoms with van der Waals surface area (Å²) in [6, 6.07) is 3.66. The van der Waals surface area contributed by atoms with Crippen molar-refractivity contribution in [3.63, 3.8) is 0 Å². The molecule has 2 atom stereocenters. The lowest BCUT2D eigenvalue weighted by Crippen LogP contribution is -2.33. The topological polar surface area (TPSA) is 59.1 Å². The molecule has 14 heavy (non-hydrogen) atoms. The molecule has 0 spiro atoms. The van der Waals surface area contributed by atoms with E-state index in [1.54, 1.807) is 12.4 Å². The molecule has 0 aliphatic heterocycles. The molecule has 1 heterocycles. The molecule has 0 aromatic carbocycles. The molecule has 0 bridgehead atoms. The first kappa shape index (κ1) is 11.1. The molecule has 0 aliphatic rings. The van der Waals surface area contributed by atoms with Gasteiger partial charge in [-0.15, -0.1) is 0 Å². The van der Waals surface area contributed by atoms with E-state index in [1.165, 1.54) is 0 Å². The van der Waals surface area contributed by atoms with E-state index in [4.69, 9.17) is 5.73 Å². The van der Waals surface area contributed by atoms with Crippen molar-refractivity contribution < 1.29 is 5.11 Å². The van der Waals surface area contributed by atoms with Crippen molar-refractivity contribution in [3.8, 4) is 0 Å². The molecule has 0 amide bonds. The number of aliphatic hydroxyl groups excluding tert-OH is 1. The maximum Gasteiger partial charge on any atom is 0.0856 e. The zero-order chi connectivity index (χ0) is 10.6. The molecule has 3 N–H and O–H groups in total. The van der Waals surface area contributed by atoms with Crippen LogP contribution in [0.3, 0.4) is 0 Å². The summed E-state index contributed by atoms with van der Waals surface area (Å²) in [5.74, 6) is 0. The Bertz CT molecular complexity index is 270. The van der Waals surface area contributed by atoms with E-state index in [9.17, 15) is 5.11 Å². The molecule has 0 saturated heterocycles. The van der Waals surface area contributed by atoms with Gasteiger partial charge in [-0.1, -0.05) is 13.8 Å². The van der Waals surface area contributed by atoms with Crippen LogP contribution in [-0.4, -0.2) is 16.6 Å². The van der Waals surface area contributed by atoms with Crippen LogP contribution in [0.5, 0.6) is 0 Å². The van der Waals surface area contributed by atoms with Gasteiger partial charge in [-0.3, -0.25) is 4.98 Å². The number of nitrogens with two attached hydrogens (primary N) is 1. The zero-order valence-corrected chi connectivity index (χ0v) is 8.77. The Labute approximate surface area is 85.0 Å². The number of aliphatic hydroxyl groups is 1. The Morgan fingerprint density at radius 3 is 2.50 bits per heavy atom. The van der Waals surface area contributed by atoms with Gasteiger partial charge in [-0.2, -0.15) is 0 Å². The standard InChI is InChI=1S/C11H18N2O/c1-3-11(2,8-12)10(14)9-4-6-13-7-5-9/h4-7,10,14H,3,8,12H2,1-2H3. The average molecular weight is 194 g/mol. The molecule has 0 aliphatic carbocycles. The summed E-state index contributed by atoms with van der Waals surface area (Å²) in [6.07, 6.45) is 3.71. The molecule has 0 saturated carbocycles. The van der Waals surface area contributed by atoms with Crippen LogP contribution >= 0.6 is 0 Å². The lowest BCUT2D eigenvalue weighted by atomic mass is 9.79. The first-order valence-electron chi connectivity index (χ1n) is 4.92. The van der Waals surface area contributed by atoms with Gasteiger partial charge < -0.3 is 10.8 Å². The number of hydrogen-bond donors (Lipinski definition) is 2. The Morgan fingerprint density at radius 2 is 2.07 bits per heavy atom. The summed E-state index contributed by atoms with van der Waals surface area (Å²) in [5, 5.41) is 10.1. The first-order chi connectivity index (χ1) is 6.64. The van der Waals surface area contributed by atoms with Crippen LogP contribution in [0.25, 0.3) is 0 Å². The van der Waals surface area contributed by atoms with Crippen LogP contribution in [0, 0.1) is 5.41 Å². The summed E-state index contributed by atoms with van der Waals surface area (Å²) < 4.78 is 0. The lowest BCUT2D eigenvalue weighted by Gasteiger charge is -2.32. The van der Waals surface area contributed by atoms with Crippen molar-refractivity contribution in [1.82, 2.24) is 4.98 Å². The zero-order valence-electron chi connectivity index (χ0n) is 8.77. The molecule has 0 fully saturated rings.